The van der Waals surface area contributed by atoms with Crippen LogP contribution >= 0.6 is 0 Å². The van der Waals surface area contributed by atoms with Gasteiger partial charge in [-0.3, -0.25) is 9.52 Å². The van der Waals surface area contributed by atoms with Crippen LogP contribution in [0, 0.1) is 5.82 Å². The highest BCUT2D eigenvalue weighted by atomic mass is 32.2. The summed E-state index contributed by atoms with van der Waals surface area (Å²) in [5, 5.41) is 13.6. The van der Waals surface area contributed by atoms with E-state index in [2.05, 4.69) is 10.0 Å². The van der Waals surface area contributed by atoms with Crippen molar-refractivity contribution in [1.82, 2.24) is 5.32 Å². The molecule has 1 amide bonds. The number of rotatable bonds is 7. The number of anilines is 1. The van der Waals surface area contributed by atoms with Crippen molar-refractivity contribution in [3.05, 3.63) is 59.4 Å². The Kier molecular flexibility index (Phi) is 6.17. The number of hydrogen-bond acceptors (Lipinski definition) is 5. The Hall–Kier alpha value is -2.94. The van der Waals surface area contributed by atoms with Gasteiger partial charge in [-0.05, 0) is 43.7 Å². The van der Waals surface area contributed by atoms with Gasteiger partial charge in [-0.15, -0.1) is 0 Å². The van der Waals surface area contributed by atoms with Crippen molar-refractivity contribution in [2.75, 3.05) is 4.72 Å². The number of nitrogens with one attached hydrogen (secondary N) is 2. The predicted octanol–water partition coefficient (Wildman–Crippen LogP) is 1.52. The van der Waals surface area contributed by atoms with Crippen molar-refractivity contribution in [2.24, 2.45) is 0 Å². The number of benzene rings is 2. The van der Waals surface area contributed by atoms with Crippen molar-refractivity contribution < 1.29 is 27.5 Å². The highest BCUT2D eigenvalue weighted by molar-refractivity contribution is 7.92. The van der Waals surface area contributed by atoms with Crippen molar-refractivity contribution in [3.8, 4) is 0 Å². The lowest BCUT2D eigenvalue weighted by Crippen LogP contribution is -2.32. The van der Waals surface area contributed by atoms with E-state index in [-0.39, 0.29) is 17.3 Å². The van der Waals surface area contributed by atoms with Crippen molar-refractivity contribution in [1.29, 1.82) is 0 Å². The van der Waals surface area contributed by atoms with Gasteiger partial charge in [-0.1, -0.05) is 19.1 Å². The quantitative estimate of drug-likeness (QED) is 0.740. The number of para-hydroxylation sites is 1. The average Bonchev–Trinajstić information content (AvgIpc) is 2.61. The van der Waals surface area contributed by atoms with E-state index in [0.29, 0.717) is 12.5 Å². The number of carbonyl (C=O) groups is 2. The van der Waals surface area contributed by atoms with Crippen LogP contribution in [-0.4, -0.2) is 26.3 Å². The first-order chi connectivity index (χ1) is 12.7. The Morgan fingerprint density at radius 2 is 1.81 bits per heavy atom. The third-order valence-corrected chi connectivity index (χ3v) is 5.24. The van der Waals surface area contributed by atoms with E-state index in [1.54, 1.807) is 6.07 Å². The van der Waals surface area contributed by atoms with Crippen LogP contribution < -0.4 is 15.1 Å². The van der Waals surface area contributed by atoms with Gasteiger partial charge in [0.15, 0.2) is 0 Å². The monoisotopic (exact) mass is 393 g/mol. The Balaban J connectivity index is 2.38. The van der Waals surface area contributed by atoms with E-state index >= 15 is 0 Å². The van der Waals surface area contributed by atoms with E-state index < -0.39 is 38.2 Å². The van der Waals surface area contributed by atoms with Gasteiger partial charge in [0, 0.05) is 11.6 Å². The van der Waals surface area contributed by atoms with E-state index in [4.69, 9.17) is 0 Å². The zero-order chi connectivity index (χ0) is 20.2. The first kappa shape index (κ1) is 20.4. The van der Waals surface area contributed by atoms with Gasteiger partial charge in [0.25, 0.3) is 15.9 Å². The molecule has 2 aromatic rings. The lowest BCUT2D eigenvalue weighted by atomic mass is 10.1. The summed E-state index contributed by atoms with van der Waals surface area (Å²) in [7, 11) is -4.26. The van der Waals surface area contributed by atoms with Crippen molar-refractivity contribution in [2.45, 2.75) is 31.2 Å². The Bertz CT molecular complexity index is 975. The van der Waals surface area contributed by atoms with Crippen LogP contribution in [0.4, 0.5) is 10.1 Å². The molecule has 2 rings (SSSR count). The van der Waals surface area contributed by atoms with Gasteiger partial charge in [0.2, 0.25) is 0 Å². The molecule has 0 aliphatic rings. The zero-order valence-corrected chi connectivity index (χ0v) is 15.5. The standard InChI is InChI=1S/C18H19FN2O5S/c1-3-11(2)20-17(22)13-6-4-5-7-16(13)21-27(25,26)12-8-9-15(19)14(10-12)18(23)24/h4-11,21H,3H2,1-2H3,(H,20,22)(H,23,24)/p-1/t11-/m1/s1. The SMILES string of the molecule is CC[C@@H](C)NC(=O)c1ccccc1NS(=O)(=O)c1ccc(F)c(C(=O)[O-])c1. The summed E-state index contributed by atoms with van der Waals surface area (Å²) < 4.78 is 40.8. The highest BCUT2D eigenvalue weighted by Crippen LogP contribution is 2.22. The number of aromatic carboxylic acids is 1. The van der Waals surface area contributed by atoms with Crippen LogP contribution in [0.5, 0.6) is 0 Å². The van der Waals surface area contributed by atoms with E-state index in [1.165, 1.54) is 18.2 Å². The van der Waals surface area contributed by atoms with Crippen LogP contribution in [0.1, 0.15) is 41.0 Å². The summed E-state index contributed by atoms with van der Waals surface area (Å²) in [6.45, 7) is 3.70. The molecule has 0 aliphatic heterocycles. The van der Waals surface area contributed by atoms with Crippen molar-refractivity contribution >= 4 is 27.6 Å². The normalized spacial score (nSPS) is 12.3. The lowest BCUT2D eigenvalue weighted by molar-refractivity contribution is -0.255. The molecule has 0 radical (unpaired) electrons. The minimum Gasteiger partial charge on any atom is -0.545 e. The smallest absolute Gasteiger partial charge is 0.261 e. The predicted molar refractivity (Wildman–Crippen MR) is 95.2 cm³/mol. The van der Waals surface area contributed by atoms with E-state index in [9.17, 15) is 27.5 Å². The fourth-order valence-corrected chi connectivity index (χ4v) is 3.31. The van der Waals surface area contributed by atoms with Gasteiger partial charge in [-0.2, -0.15) is 0 Å². The molecule has 0 unspecified atom stereocenters. The Morgan fingerprint density at radius 1 is 1.15 bits per heavy atom. The number of carboxylic acid groups (broad SMARTS) is 1. The molecule has 7 nitrogen and oxygen atoms in total. The highest BCUT2D eigenvalue weighted by Gasteiger charge is 2.20. The van der Waals surface area contributed by atoms with Crippen LogP contribution in [0.3, 0.4) is 0 Å². The number of carbonyl (C=O) groups excluding carboxylic acids is 2. The molecule has 0 heterocycles. The third kappa shape index (κ3) is 4.82. The molecular weight excluding hydrogens is 375 g/mol. The summed E-state index contributed by atoms with van der Waals surface area (Å²) >= 11 is 0. The van der Waals surface area contributed by atoms with Gasteiger partial charge in [-0.25, -0.2) is 12.8 Å². The summed E-state index contributed by atoms with van der Waals surface area (Å²) in [6.07, 6.45) is 0.696. The molecule has 9 heteroatoms. The molecule has 2 N–H and O–H groups in total. The van der Waals surface area contributed by atoms with Gasteiger partial charge >= 0.3 is 0 Å². The second kappa shape index (κ2) is 8.17. The molecule has 0 fully saturated rings. The molecule has 0 saturated heterocycles. The largest absolute Gasteiger partial charge is 0.545 e. The molecule has 0 aromatic heterocycles. The molecule has 144 valence electrons. The second-order valence-electron chi connectivity index (χ2n) is 5.86. The Labute approximate surface area is 156 Å². The van der Waals surface area contributed by atoms with Crippen LogP contribution in [-0.2, 0) is 10.0 Å². The topological polar surface area (TPSA) is 115 Å². The maximum Gasteiger partial charge on any atom is 0.261 e. The molecule has 1 atom stereocenters. The van der Waals surface area contributed by atoms with E-state index in [1.807, 2.05) is 13.8 Å². The van der Waals surface area contributed by atoms with Crippen molar-refractivity contribution in [3.63, 3.8) is 0 Å². The minimum atomic E-state index is -4.26. The molecule has 0 aliphatic carbocycles. The fraction of sp³-hybridized carbons (Fsp3) is 0.222. The molecule has 0 saturated carbocycles. The molecule has 0 spiro atoms. The number of hydrogen-bond donors (Lipinski definition) is 2. The summed E-state index contributed by atoms with van der Waals surface area (Å²) in [5.74, 6) is -3.41. The summed E-state index contributed by atoms with van der Waals surface area (Å²) in [5.41, 5.74) is -0.762. The maximum absolute atomic E-state index is 13.5. The molecule has 0 bridgehead atoms. The van der Waals surface area contributed by atoms with Crippen LogP contribution in [0.2, 0.25) is 0 Å². The van der Waals surface area contributed by atoms with Gasteiger partial charge < -0.3 is 15.2 Å². The lowest BCUT2D eigenvalue weighted by Gasteiger charge is -2.16. The molecule has 27 heavy (non-hydrogen) atoms. The zero-order valence-electron chi connectivity index (χ0n) is 14.7. The first-order valence-corrected chi connectivity index (χ1v) is 9.57. The number of halogens is 1. The maximum atomic E-state index is 13.5. The average molecular weight is 393 g/mol. The van der Waals surface area contributed by atoms with Crippen LogP contribution in [0.25, 0.3) is 0 Å². The number of carboxylic acids is 1. The number of amides is 1. The van der Waals surface area contributed by atoms with Gasteiger partial charge in [0.05, 0.1) is 22.1 Å². The van der Waals surface area contributed by atoms with Gasteiger partial charge in [0.1, 0.15) is 5.82 Å². The number of sulfonamides is 1. The summed E-state index contributed by atoms with van der Waals surface area (Å²) in [4.78, 5) is 22.8. The summed E-state index contributed by atoms with van der Waals surface area (Å²) in [6, 6.07) is 8.16. The Morgan fingerprint density at radius 3 is 2.44 bits per heavy atom. The second-order valence-corrected chi connectivity index (χ2v) is 7.55. The molecule has 2 aromatic carbocycles. The third-order valence-electron chi connectivity index (χ3n) is 3.87. The molecular formula is C18H18FN2O5S-. The fourth-order valence-electron chi connectivity index (χ4n) is 2.21. The first-order valence-electron chi connectivity index (χ1n) is 8.09. The minimum absolute atomic E-state index is 0.0117. The van der Waals surface area contributed by atoms with Crippen LogP contribution in [0.15, 0.2) is 47.4 Å². The van der Waals surface area contributed by atoms with E-state index in [0.717, 1.165) is 12.1 Å².